The Morgan fingerprint density at radius 1 is 1.38 bits per heavy atom. The predicted octanol–water partition coefficient (Wildman–Crippen LogP) is 2.69. The van der Waals surface area contributed by atoms with Crippen molar-refractivity contribution < 1.29 is 14.1 Å². The van der Waals surface area contributed by atoms with Crippen LogP contribution >= 0.6 is 11.3 Å². The molecular formula is C14H10FN5O3S. The molecule has 2 aromatic heterocycles. The second-order valence-corrected chi connectivity index (χ2v) is 5.61. The first-order valence-corrected chi connectivity index (χ1v) is 7.57. The molecule has 8 nitrogen and oxygen atoms in total. The van der Waals surface area contributed by atoms with E-state index in [9.17, 15) is 19.3 Å². The molecule has 0 atom stereocenters. The number of imidazole rings is 1. The van der Waals surface area contributed by atoms with Crippen molar-refractivity contribution in [1.29, 1.82) is 0 Å². The van der Waals surface area contributed by atoms with Crippen LogP contribution in [0.1, 0.15) is 0 Å². The highest BCUT2D eigenvalue weighted by molar-refractivity contribution is 7.14. The number of rotatable bonds is 5. The molecule has 0 bridgehead atoms. The minimum atomic E-state index is -0.635. The van der Waals surface area contributed by atoms with E-state index in [1.807, 2.05) is 0 Å². The summed E-state index contributed by atoms with van der Waals surface area (Å²) >= 11 is 1.23. The minimum Gasteiger partial charge on any atom is -0.358 e. The number of hydrogen-bond acceptors (Lipinski definition) is 6. The monoisotopic (exact) mass is 347 g/mol. The number of anilines is 1. The Bertz CT molecular complexity index is 890. The summed E-state index contributed by atoms with van der Waals surface area (Å²) in [7, 11) is 0. The highest BCUT2D eigenvalue weighted by Crippen LogP contribution is 2.25. The number of amides is 1. The maximum absolute atomic E-state index is 12.9. The van der Waals surface area contributed by atoms with Gasteiger partial charge in [-0.15, -0.1) is 11.3 Å². The lowest BCUT2D eigenvalue weighted by molar-refractivity contribution is -0.389. The van der Waals surface area contributed by atoms with Crippen molar-refractivity contribution in [2.45, 2.75) is 6.54 Å². The molecule has 0 unspecified atom stereocenters. The van der Waals surface area contributed by atoms with E-state index in [1.165, 1.54) is 40.6 Å². The van der Waals surface area contributed by atoms with E-state index in [0.717, 1.165) is 5.56 Å². The summed E-state index contributed by atoms with van der Waals surface area (Å²) in [6.07, 6.45) is 2.38. The van der Waals surface area contributed by atoms with E-state index in [4.69, 9.17) is 0 Å². The summed E-state index contributed by atoms with van der Waals surface area (Å²) in [6.45, 7) is -0.119. The number of hydrogen-bond donors (Lipinski definition) is 1. The van der Waals surface area contributed by atoms with E-state index in [1.54, 1.807) is 17.5 Å². The number of nitrogens with one attached hydrogen (secondary N) is 1. The molecule has 1 aromatic carbocycles. The summed E-state index contributed by atoms with van der Waals surface area (Å²) in [5, 5.41) is 15.3. The Kier molecular flexibility index (Phi) is 4.29. The molecule has 10 heteroatoms. The topological polar surface area (TPSA) is 103 Å². The van der Waals surface area contributed by atoms with Crippen molar-refractivity contribution in [1.82, 2.24) is 14.5 Å². The van der Waals surface area contributed by atoms with Crippen LogP contribution in [0.2, 0.25) is 0 Å². The molecule has 1 N–H and O–H groups in total. The number of aromatic nitrogens is 3. The lowest BCUT2D eigenvalue weighted by atomic mass is 10.2. The van der Waals surface area contributed by atoms with Crippen molar-refractivity contribution in [3.63, 3.8) is 0 Å². The van der Waals surface area contributed by atoms with Crippen LogP contribution in [0.3, 0.4) is 0 Å². The van der Waals surface area contributed by atoms with Gasteiger partial charge in [-0.25, -0.2) is 9.37 Å². The van der Waals surface area contributed by atoms with Crippen molar-refractivity contribution in [2.24, 2.45) is 0 Å². The van der Waals surface area contributed by atoms with Gasteiger partial charge in [0.25, 0.3) is 0 Å². The van der Waals surface area contributed by atoms with E-state index >= 15 is 0 Å². The van der Waals surface area contributed by atoms with Gasteiger partial charge in [-0.05, 0) is 34.2 Å². The zero-order valence-corrected chi connectivity index (χ0v) is 12.9. The molecule has 0 saturated carbocycles. The lowest BCUT2D eigenvalue weighted by Crippen LogP contribution is -2.17. The van der Waals surface area contributed by atoms with E-state index in [2.05, 4.69) is 15.3 Å². The molecule has 0 radical (unpaired) electrons. The summed E-state index contributed by atoms with van der Waals surface area (Å²) in [4.78, 5) is 29.7. The minimum absolute atomic E-state index is 0.119. The third kappa shape index (κ3) is 3.60. The average molecular weight is 347 g/mol. The number of benzene rings is 1. The van der Waals surface area contributed by atoms with Gasteiger partial charge >= 0.3 is 5.82 Å². The molecule has 0 aliphatic rings. The van der Waals surface area contributed by atoms with Gasteiger partial charge < -0.3 is 20.0 Å². The van der Waals surface area contributed by atoms with Gasteiger partial charge in [-0.1, -0.05) is 0 Å². The molecule has 2 heterocycles. The van der Waals surface area contributed by atoms with Crippen molar-refractivity contribution in [2.75, 3.05) is 5.32 Å². The number of nitro groups is 1. The Labute approximate surface area is 138 Å². The van der Waals surface area contributed by atoms with Crippen molar-refractivity contribution >= 4 is 28.2 Å². The maximum Gasteiger partial charge on any atom is 0.381 e. The fourth-order valence-corrected chi connectivity index (χ4v) is 2.67. The molecule has 0 spiro atoms. The Hall–Kier alpha value is -3.14. The standard InChI is InChI=1S/C14H10FN5O3S/c15-10-3-1-9(2-4-10)11-7-24-14(17-11)18-13(21)6-19-5-12(16-8-19)20(22)23/h1-5,7-8H,6H2,(H,17,18,21). The van der Waals surface area contributed by atoms with Gasteiger partial charge in [-0.3, -0.25) is 4.79 Å². The van der Waals surface area contributed by atoms with Gasteiger partial charge in [0.05, 0.1) is 5.69 Å². The number of halogens is 1. The molecule has 0 aliphatic heterocycles. The third-order valence-electron chi connectivity index (χ3n) is 3.02. The molecule has 0 fully saturated rings. The van der Waals surface area contributed by atoms with Gasteiger partial charge in [0.15, 0.2) is 5.13 Å². The first-order valence-electron chi connectivity index (χ1n) is 6.69. The fourth-order valence-electron chi connectivity index (χ4n) is 1.94. The SMILES string of the molecule is O=C(Cn1cnc([N+](=O)[O-])c1)Nc1nc(-c2ccc(F)cc2)cs1. The number of thiazole rings is 1. The van der Waals surface area contributed by atoms with Crippen LogP contribution in [-0.2, 0) is 11.3 Å². The quantitative estimate of drug-likeness (QED) is 0.564. The third-order valence-corrected chi connectivity index (χ3v) is 3.78. The van der Waals surface area contributed by atoms with Gasteiger partial charge in [0.2, 0.25) is 12.2 Å². The normalized spacial score (nSPS) is 10.5. The van der Waals surface area contributed by atoms with E-state index < -0.39 is 4.92 Å². The number of carbonyl (C=O) groups is 1. The van der Waals surface area contributed by atoms with Crippen LogP contribution in [-0.4, -0.2) is 25.4 Å². The molecule has 3 aromatic rings. The van der Waals surface area contributed by atoms with Gasteiger partial charge in [0.1, 0.15) is 18.6 Å². The molecule has 3 rings (SSSR count). The molecule has 1 amide bonds. The number of carbonyl (C=O) groups excluding carboxylic acids is 1. The zero-order chi connectivity index (χ0) is 17.1. The molecule has 24 heavy (non-hydrogen) atoms. The van der Waals surface area contributed by atoms with Crippen molar-refractivity contribution in [3.05, 3.63) is 58.1 Å². The van der Waals surface area contributed by atoms with Crippen molar-refractivity contribution in [3.8, 4) is 11.3 Å². The summed E-state index contributed by atoms with van der Waals surface area (Å²) < 4.78 is 14.2. The maximum atomic E-state index is 12.9. The first kappa shape index (κ1) is 15.7. The molecule has 0 saturated heterocycles. The highest BCUT2D eigenvalue weighted by atomic mass is 32.1. The Morgan fingerprint density at radius 2 is 2.12 bits per heavy atom. The largest absolute Gasteiger partial charge is 0.381 e. The van der Waals surface area contributed by atoms with Gasteiger partial charge in [0, 0.05) is 10.9 Å². The summed E-state index contributed by atoms with van der Waals surface area (Å²) in [5.41, 5.74) is 1.35. The smallest absolute Gasteiger partial charge is 0.358 e. The Balaban J connectivity index is 1.64. The van der Waals surface area contributed by atoms with Crippen LogP contribution in [0.15, 0.2) is 42.2 Å². The van der Waals surface area contributed by atoms with Gasteiger partial charge in [-0.2, -0.15) is 0 Å². The average Bonchev–Trinajstić information content (AvgIpc) is 3.17. The second-order valence-electron chi connectivity index (χ2n) is 4.75. The highest BCUT2D eigenvalue weighted by Gasteiger charge is 2.13. The second kappa shape index (κ2) is 6.54. The fraction of sp³-hybridized carbons (Fsp3) is 0.0714. The van der Waals surface area contributed by atoms with Crippen LogP contribution in [0.4, 0.5) is 15.3 Å². The van der Waals surface area contributed by atoms with Crippen LogP contribution in [0.5, 0.6) is 0 Å². The Morgan fingerprint density at radius 3 is 2.79 bits per heavy atom. The zero-order valence-electron chi connectivity index (χ0n) is 12.0. The summed E-state index contributed by atoms with van der Waals surface area (Å²) in [6, 6.07) is 5.86. The van der Waals surface area contributed by atoms with Crippen LogP contribution in [0.25, 0.3) is 11.3 Å². The van der Waals surface area contributed by atoms with E-state index in [-0.39, 0.29) is 24.1 Å². The molecule has 0 aliphatic carbocycles. The molecular weight excluding hydrogens is 337 g/mol. The number of nitrogens with zero attached hydrogens (tertiary/aromatic N) is 4. The lowest BCUT2D eigenvalue weighted by Gasteiger charge is -2.01. The van der Waals surface area contributed by atoms with Crippen LogP contribution in [0, 0.1) is 15.9 Å². The molecule has 122 valence electrons. The first-order chi connectivity index (χ1) is 11.5. The van der Waals surface area contributed by atoms with Crippen LogP contribution < -0.4 is 5.32 Å². The summed E-state index contributed by atoms with van der Waals surface area (Å²) in [5.74, 6) is -1.05. The predicted molar refractivity (Wildman–Crippen MR) is 85.0 cm³/mol. The van der Waals surface area contributed by atoms with E-state index in [0.29, 0.717) is 10.8 Å².